The van der Waals surface area contributed by atoms with E-state index in [1.807, 2.05) is 0 Å². The summed E-state index contributed by atoms with van der Waals surface area (Å²) in [5.41, 5.74) is 0. The van der Waals surface area contributed by atoms with Gasteiger partial charge in [0.2, 0.25) is 0 Å². The fraction of sp³-hybridized carbons (Fsp3) is 0.814. The second-order valence-corrected chi connectivity index (χ2v) is 20.1. The molecule has 11 atom stereocenters. The van der Waals surface area contributed by atoms with Crippen LogP contribution in [0.5, 0.6) is 0 Å². The number of esters is 1. The summed E-state index contributed by atoms with van der Waals surface area (Å²) in [5.74, 6) is -0.385. The van der Waals surface area contributed by atoms with Crippen molar-refractivity contribution >= 4 is 5.97 Å². The molecule has 0 amide bonds. The van der Waals surface area contributed by atoms with Crippen LogP contribution in [0.15, 0.2) is 60.8 Å². The van der Waals surface area contributed by atoms with Crippen LogP contribution in [0.4, 0.5) is 0 Å². The van der Waals surface area contributed by atoms with Crippen molar-refractivity contribution in [2.45, 2.75) is 274 Å². The van der Waals surface area contributed by atoms with Crippen molar-refractivity contribution in [3.05, 3.63) is 60.8 Å². The summed E-state index contributed by atoms with van der Waals surface area (Å²) < 4.78 is 34.4. The van der Waals surface area contributed by atoms with E-state index in [-0.39, 0.29) is 25.6 Å². The topological polar surface area (TPSA) is 214 Å². The third-order valence-corrected chi connectivity index (χ3v) is 13.5. The standard InChI is InChI=1S/C59H104O14/c1-3-5-7-9-11-13-15-17-19-21-23-25-27-29-31-33-35-37-39-41-43-68-45-48(71-51(61)42-40-38-36-34-32-30-28-26-24-22-20-18-16-14-12-10-8-6-4-2)46-69-58-57(67)55(65)53(63)50(73-58)47-70-59-56(66)54(64)52(62)49(44-60)72-59/h11-14,17-20,23,25,48-50,52-60,62-67H,3-10,15-16,21-22,24,26-47H2,1-2H3/b13-11-,14-12-,19-17-,20-18-,25-23-. The van der Waals surface area contributed by atoms with Crippen LogP contribution < -0.4 is 0 Å². The van der Waals surface area contributed by atoms with E-state index in [9.17, 15) is 40.5 Å². The first-order valence-electron chi connectivity index (χ1n) is 28.9. The molecule has 11 unspecified atom stereocenters. The third-order valence-electron chi connectivity index (χ3n) is 13.5. The van der Waals surface area contributed by atoms with Gasteiger partial charge in [0.1, 0.15) is 54.9 Å². The van der Waals surface area contributed by atoms with E-state index >= 15 is 0 Å². The Morgan fingerprint density at radius 2 is 0.849 bits per heavy atom. The van der Waals surface area contributed by atoms with Gasteiger partial charge in [-0.15, -0.1) is 0 Å². The molecule has 7 N–H and O–H groups in total. The molecule has 2 aliphatic rings. The molecular formula is C59H104O14. The maximum Gasteiger partial charge on any atom is 0.306 e. The molecule has 0 bridgehead atoms. The van der Waals surface area contributed by atoms with Crippen molar-refractivity contribution in [2.24, 2.45) is 0 Å². The highest BCUT2D eigenvalue weighted by Crippen LogP contribution is 2.26. The molecule has 2 fully saturated rings. The fourth-order valence-corrected chi connectivity index (χ4v) is 8.79. The van der Waals surface area contributed by atoms with Crippen LogP contribution >= 0.6 is 0 Å². The van der Waals surface area contributed by atoms with Crippen LogP contribution in [0.25, 0.3) is 0 Å². The van der Waals surface area contributed by atoms with Crippen LogP contribution in [0.2, 0.25) is 0 Å². The average Bonchev–Trinajstić information content (AvgIpc) is 3.39. The number of unbranched alkanes of at least 4 members (excludes halogenated alkanes) is 22. The molecule has 2 heterocycles. The van der Waals surface area contributed by atoms with E-state index in [1.54, 1.807) is 0 Å². The molecule has 0 aromatic rings. The summed E-state index contributed by atoms with van der Waals surface area (Å²) in [6.45, 7) is 3.62. The first-order chi connectivity index (χ1) is 35.6. The fourth-order valence-electron chi connectivity index (χ4n) is 8.79. The Bertz CT molecular complexity index is 1440. The normalized spacial score (nSPS) is 25.4. The van der Waals surface area contributed by atoms with Crippen LogP contribution in [0.1, 0.15) is 206 Å². The van der Waals surface area contributed by atoms with E-state index in [0.717, 1.165) is 70.6 Å². The monoisotopic (exact) mass is 1040 g/mol. The summed E-state index contributed by atoms with van der Waals surface area (Å²) in [6.07, 6.45) is 39.8. The second-order valence-electron chi connectivity index (χ2n) is 20.1. The Balaban J connectivity index is 1.73. The highest BCUT2D eigenvalue weighted by Gasteiger charge is 2.47. The molecule has 0 spiro atoms. The lowest BCUT2D eigenvalue weighted by atomic mass is 9.98. The molecule has 424 valence electrons. The SMILES string of the molecule is CCCCC/C=C\C/C=C\C/C=C\CCCCCCCCCOCC(COC1OC(COC2OC(CO)C(O)C(O)C2O)C(O)C(O)C1O)OC(=O)CCCCCCCCCCC/C=C\C/C=C\CCCCC. The largest absolute Gasteiger partial charge is 0.457 e. The Labute approximate surface area is 441 Å². The molecule has 2 saturated heterocycles. The zero-order valence-corrected chi connectivity index (χ0v) is 45.4. The second kappa shape index (κ2) is 45.8. The highest BCUT2D eigenvalue weighted by atomic mass is 16.7. The van der Waals surface area contributed by atoms with Crippen molar-refractivity contribution in [3.8, 4) is 0 Å². The van der Waals surface area contributed by atoms with Gasteiger partial charge >= 0.3 is 5.97 Å². The van der Waals surface area contributed by atoms with Crippen molar-refractivity contribution in [2.75, 3.05) is 33.0 Å². The smallest absolute Gasteiger partial charge is 0.306 e. The number of hydrogen-bond acceptors (Lipinski definition) is 14. The van der Waals surface area contributed by atoms with E-state index < -0.39 is 80.7 Å². The molecule has 0 aliphatic carbocycles. The summed E-state index contributed by atoms with van der Waals surface area (Å²) in [5, 5.41) is 72.3. The summed E-state index contributed by atoms with van der Waals surface area (Å²) in [4.78, 5) is 13.1. The van der Waals surface area contributed by atoms with Gasteiger partial charge < -0.3 is 64.2 Å². The van der Waals surface area contributed by atoms with Crippen LogP contribution in [0.3, 0.4) is 0 Å². The Morgan fingerprint density at radius 3 is 1.33 bits per heavy atom. The van der Waals surface area contributed by atoms with E-state index in [0.29, 0.717) is 13.0 Å². The number of ether oxygens (including phenoxy) is 6. The minimum Gasteiger partial charge on any atom is -0.457 e. The molecule has 0 aromatic heterocycles. The van der Waals surface area contributed by atoms with E-state index in [1.165, 1.54) is 109 Å². The van der Waals surface area contributed by atoms with Gasteiger partial charge in [0.25, 0.3) is 0 Å². The first-order valence-corrected chi connectivity index (χ1v) is 28.9. The number of rotatable bonds is 46. The van der Waals surface area contributed by atoms with Crippen molar-refractivity contribution in [1.82, 2.24) is 0 Å². The van der Waals surface area contributed by atoms with Crippen molar-refractivity contribution in [3.63, 3.8) is 0 Å². The number of aliphatic hydroxyl groups excluding tert-OH is 7. The molecule has 2 aliphatic heterocycles. The van der Waals surface area contributed by atoms with Crippen molar-refractivity contribution in [1.29, 1.82) is 0 Å². The summed E-state index contributed by atoms with van der Waals surface area (Å²) in [6, 6.07) is 0. The molecular weight excluding hydrogens is 933 g/mol. The number of carbonyl (C=O) groups excluding carboxylic acids is 1. The highest BCUT2D eigenvalue weighted by molar-refractivity contribution is 5.69. The maximum absolute atomic E-state index is 13.1. The molecule has 0 saturated carbocycles. The first kappa shape index (κ1) is 66.8. The molecule has 14 nitrogen and oxygen atoms in total. The lowest BCUT2D eigenvalue weighted by molar-refractivity contribution is -0.332. The van der Waals surface area contributed by atoms with Gasteiger partial charge in [-0.2, -0.15) is 0 Å². The summed E-state index contributed by atoms with van der Waals surface area (Å²) in [7, 11) is 0. The molecule has 14 heteroatoms. The minimum atomic E-state index is -1.71. The van der Waals surface area contributed by atoms with E-state index in [2.05, 4.69) is 74.6 Å². The Kier molecular flexibility index (Phi) is 42.0. The predicted molar refractivity (Wildman–Crippen MR) is 289 cm³/mol. The lowest BCUT2D eigenvalue weighted by Gasteiger charge is -2.42. The maximum atomic E-state index is 13.1. The van der Waals surface area contributed by atoms with Gasteiger partial charge in [0, 0.05) is 13.0 Å². The van der Waals surface area contributed by atoms with Gasteiger partial charge in [-0.3, -0.25) is 4.79 Å². The van der Waals surface area contributed by atoms with Gasteiger partial charge in [0.05, 0.1) is 26.4 Å². The van der Waals surface area contributed by atoms with E-state index in [4.69, 9.17) is 28.4 Å². The lowest BCUT2D eigenvalue weighted by Crippen LogP contribution is -2.61. The molecule has 0 radical (unpaired) electrons. The third kappa shape index (κ3) is 32.8. The number of allylic oxidation sites excluding steroid dienone is 10. The molecule has 0 aromatic carbocycles. The zero-order chi connectivity index (χ0) is 53.0. The van der Waals surface area contributed by atoms with Crippen LogP contribution in [0, 0.1) is 0 Å². The number of aliphatic hydroxyl groups is 7. The predicted octanol–water partition coefficient (Wildman–Crippen LogP) is 10.1. The minimum absolute atomic E-state index is 0.0513. The number of hydrogen-bond donors (Lipinski definition) is 7. The summed E-state index contributed by atoms with van der Waals surface area (Å²) >= 11 is 0. The van der Waals surface area contributed by atoms with Crippen molar-refractivity contribution < 1.29 is 69.0 Å². The quantitative estimate of drug-likeness (QED) is 0.0172. The Morgan fingerprint density at radius 1 is 0.452 bits per heavy atom. The van der Waals surface area contributed by atoms with Gasteiger partial charge in [-0.05, 0) is 83.5 Å². The van der Waals surface area contributed by atoms with Gasteiger partial charge in [-0.25, -0.2) is 0 Å². The van der Waals surface area contributed by atoms with Crippen LogP contribution in [-0.2, 0) is 33.2 Å². The van der Waals surface area contributed by atoms with Gasteiger partial charge in [0.15, 0.2) is 12.6 Å². The van der Waals surface area contributed by atoms with Crippen LogP contribution in [-0.4, -0.2) is 142 Å². The zero-order valence-electron chi connectivity index (χ0n) is 45.4. The Hall–Kier alpha value is -2.31. The molecule has 2 rings (SSSR count). The number of carbonyl (C=O) groups is 1. The van der Waals surface area contributed by atoms with Gasteiger partial charge in [-0.1, -0.05) is 177 Å². The molecule has 73 heavy (non-hydrogen) atoms. The average molecular weight is 1040 g/mol.